The van der Waals surface area contributed by atoms with Crippen LogP contribution in [0, 0.1) is 11.8 Å². The Hall–Kier alpha value is -2.08. The van der Waals surface area contributed by atoms with E-state index in [1.807, 2.05) is 0 Å². The molecule has 6 nitrogen and oxygen atoms in total. The predicted octanol–water partition coefficient (Wildman–Crippen LogP) is 1.79. The first-order chi connectivity index (χ1) is 10.0. The van der Waals surface area contributed by atoms with E-state index in [1.54, 1.807) is 0 Å². The predicted molar refractivity (Wildman–Crippen MR) is 78.2 cm³/mol. The van der Waals surface area contributed by atoms with E-state index in [1.165, 1.54) is 18.2 Å². The molecule has 0 spiro atoms. The maximum atomic E-state index is 12.3. The van der Waals surface area contributed by atoms with Gasteiger partial charge < -0.3 is 21.3 Å². The molecule has 1 fully saturated rings. The molecule has 1 saturated carbocycles. The van der Waals surface area contributed by atoms with E-state index in [2.05, 4.69) is 5.32 Å². The fourth-order valence-corrected chi connectivity index (χ4v) is 2.86. The topological polar surface area (TPSA) is 113 Å². The van der Waals surface area contributed by atoms with Crippen LogP contribution in [0.25, 0.3) is 0 Å². The van der Waals surface area contributed by atoms with Gasteiger partial charge in [0.15, 0.2) is 0 Å². The van der Waals surface area contributed by atoms with Crippen LogP contribution in [-0.4, -0.2) is 28.6 Å². The number of benzene rings is 1. The van der Waals surface area contributed by atoms with Gasteiger partial charge in [-0.15, -0.1) is 0 Å². The first kappa shape index (κ1) is 15.3. The lowest BCUT2D eigenvalue weighted by Crippen LogP contribution is -2.35. The molecular weight excluding hydrogens is 272 g/mol. The maximum absolute atomic E-state index is 12.3. The number of hydrogen-bond acceptors (Lipinski definition) is 4. The van der Waals surface area contributed by atoms with E-state index in [0.717, 1.165) is 25.7 Å². The van der Waals surface area contributed by atoms with Gasteiger partial charge >= 0.3 is 5.97 Å². The third-order valence-corrected chi connectivity index (χ3v) is 4.04. The Balaban J connectivity index is 2.12. The van der Waals surface area contributed by atoms with Crippen molar-refractivity contribution in [3.8, 4) is 5.75 Å². The minimum absolute atomic E-state index is 0.132. The highest BCUT2D eigenvalue weighted by molar-refractivity contribution is 5.96. The lowest BCUT2D eigenvalue weighted by Gasteiger charge is -2.29. The summed E-state index contributed by atoms with van der Waals surface area (Å²) in [5.74, 6) is -1.65. The van der Waals surface area contributed by atoms with E-state index in [4.69, 9.17) is 10.8 Å². The van der Waals surface area contributed by atoms with E-state index < -0.39 is 5.97 Å². The first-order valence-electron chi connectivity index (χ1n) is 7.10. The number of aromatic hydroxyl groups is 1. The van der Waals surface area contributed by atoms with Gasteiger partial charge in [-0.05, 0) is 43.5 Å². The first-order valence-corrected chi connectivity index (χ1v) is 7.10. The molecule has 6 heteroatoms. The van der Waals surface area contributed by atoms with Crippen LogP contribution >= 0.6 is 0 Å². The number of carboxylic acid groups (broad SMARTS) is 1. The summed E-state index contributed by atoms with van der Waals surface area (Å²) >= 11 is 0. The summed E-state index contributed by atoms with van der Waals surface area (Å²) in [5.41, 5.74) is 5.86. The minimum atomic E-state index is -1.24. The Bertz CT molecular complexity index is 544. The number of aromatic carboxylic acids is 1. The van der Waals surface area contributed by atoms with Gasteiger partial charge in [0.25, 0.3) is 0 Å². The molecule has 1 aromatic rings. The summed E-state index contributed by atoms with van der Waals surface area (Å²) in [6.07, 6.45) is 3.85. The molecule has 5 N–H and O–H groups in total. The van der Waals surface area contributed by atoms with Crippen molar-refractivity contribution in [2.24, 2.45) is 17.6 Å². The third-order valence-electron chi connectivity index (χ3n) is 4.04. The number of amides is 1. The van der Waals surface area contributed by atoms with Gasteiger partial charge in [-0.1, -0.05) is 12.8 Å². The zero-order valence-corrected chi connectivity index (χ0v) is 11.7. The second kappa shape index (κ2) is 6.58. The lowest BCUT2D eigenvalue weighted by molar-refractivity contribution is -0.122. The van der Waals surface area contributed by atoms with Crippen LogP contribution < -0.4 is 11.1 Å². The molecule has 0 bridgehead atoms. The van der Waals surface area contributed by atoms with Gasteiger partial charge in [-0.25, -0.2) is 4.79 Å². The molecule has 0 heterocycles. The largest absolute Gasteiger partial charge is 0.507 e. The number of nitrogens with one attached hydrogen (secondary N) is 1. The van der Waals surface area contributed by atoms with Crippen molar-refractivity contribution < 1.29 is 19.8 Å². The SMILES string of the molecule is NCC1CCCCC1C(=O)Nc1ccc(O)c(C(=O)O)c1. The highest BCUT2D eigenvalue weighted by Gasteiger charge is 2.30. The molecule has 1 aliphatic carbocycles. The molecule has 0 radical (unpaired) electrons. The lowest BCUT2D eigenvalue weighted by atomic mass is 9.78. The number of rotatable bonds is 4. The molecular formula is C15H20N2O4. The van der Waals surface area contributed by atoms with Gasteiger partial charge in [-0.2, -0.15) is 0 Å². The van der Waals surface area contributed by atoms with Gasteiger partial charge in [-0.3, -0.25) is 4.79 Å². The molecule has 0 aliphatic heterocycles. The normalized spacial score (nSPS) is 21.8. The molecule has 2 unspecified atom stereocenters. The smallest absolute Gasteiger partial charge is 0.339 e. The summed E-state index contributed by atoms with van der Waals surface area (Å²) in [5, 5.41) is 21.2. The highest BCUT2D eigenvalue weighted by atomic mass is 16.4. The molecule has 114 valence electrons. The van der Waals surface area contributed by atoms with Crippen molar-refractivity contribution >= 4 is 17.6 Å². The van der Waals surface area contributed by atoms with Crippen molar-refractivity contribution in [1.82, 2.24) is 0 Å². The van der Waals surface area contributed by atoms with Crippen molar-refractivity contribution in [3.05, 3.63) is 23.8 Å². The third kappa shape index (κ3) is 3.52. The van der Waals surface area contributed by atoms with Crippen molar-refractivity contribution in [1.29, 1.82) is 0 Å². The number of carbonyl (C=O) groups excluding carboxylic acids is 1. The van der Waals surface area contributed by atoms with Crippen LogP contribution in [0.15, 0.2) is 18.2 Å². The van der Waals surface area contributed by atoms with E-state index in [9.17, 15) is 14.7 Å². The second-order valence-corrected chi connectivity index (χ2v) is 5.41. The summed E-state index contributed by atoms with van der Waals surface area (Å²) < 4.78 is 0. The average Bonchev–Trinajstić information content (AvgIpc) is 2.48. The average molecular weight is 292 g/mol. The molecule has 2 atom stereocenters. The molecule has 2 rings (SSSR count). The Kier molecular flexibility index (Phi) is 4.80. The van der Waals surface area contributed by atoms with Gasteiger partial charge in [0.2, 0.25) is 5.91 Å². The van der Waals surface area contributed by atoms with E-state index in [0.29, 0.717) is 12.2 Å². The Morgan fingerprint density at radius 1 is 1.29 bits per heavy atom. The zero-order chi connectivity index (χ0) is 15.4. The number of carboxylic acids is 1. The summed E-state index contributed by atoms with van der Waals surface area (Å²) in [6, 6.07) is 4.01. The zero-order valence-electron chi connectivity index (χ0n) is 11.7. The number of hydrogen-bond donors (Lipinski definition) is 4. The fourth-order valence-electron chi connectivity index (χ4n) is 2.86. The number of anilines is 1. The van der Waals surface area contributed by atoms with Gasteiger partial charge in [0.05, 0.1) is 0 Å². The molecule has 0 saturated heterocycles. The molecule has 0 aromatic heterocycles. The van der Waals surface area contributed by atoms with E-state index in [-0.39, 0.29) is 29.1 Å². The quantitative estimate of drug-likeness (QED) is 0.632. The van der Waals surface area contributed by atoms with E-state index >= 15 is 0 Å². The molecule has 1 amide bonds. The molecule has 1 aromatic carbocycles. The summed E-state index contributed by atoms with van der Waals surface area (Å²) in [6.45, 7) is 0.480. The summed E-state index contributed by atoms with van der Waals surface area (Å²) in [4.78, 5) is 23.3. The monoisotopic (exact) mass is 292 g/mol. The maximum Gasteiger partial charge on any atom is 0.339 e. The van der Waals surface area contributed by atoms with Crippen molar-refractivity contribution in [2.45, 2.75) is 25.7 Å². The molecule has 21 heavy (non-hydrogen) atoms. The number of nitrogens with two attached hydrogens (primary N) is 1. The van der Waals surface area contributed by atoms with Crippen LogP contribution in [0.4, 0.5) is 5.69 Å². The summed E-state index contributed by atoms with van der Waals surface area (Å²) in [7, 11) is 0. The van der Waals surface area contributed by atoms with Crippen LogP contribution in [0.2, 0.25) is 0 Å². The highest BCUT2D eigenvalue weighted by Crippen LogP contribution is 2.30. The van der Waals surface area contributed by atoms with Crippen LogP contribution in [0.3, 0.4) is 0 Å². The Labute approximate surface area is 123 Å². The molecule has 1 aliphatic rings. The Morgan fingerprint density at radius 2 is 2.00 bits per heavy atom. The second-order valence-electron chi connectivity index (χ2n) is 5.41. The van der Waals surface area contributed by atoms with Gasteiger partial charge in [0, 0.05) is 11.6 Å². The van der Waals surface area contributed by atoms with Crippen molar-refractivity contribution in [2.75, 3.05) is 11.9 Å². The van der Waals surface area contributed by atoms with Crippen LogP contribution in [-0.2, 0) is 4.79 Å². The number of phenols is 1. The minimum Gasteiger partial charge on any atom is -0.507 e. The van der Waals surface area contributed by atoms with Crippen molar-refractivity contribution in [3.63, 3.8) is 0 Å². The van der Waals surface area contributed by atoms with Crippen LogP contribution in [0.5, 0.6) is 5.75 Å². The van der Waals surface area contributed by atoms with Gasteiger partial charge in [0.1, 0.15) is 11.3 Å². The Morgan fingerprint density at radius 3 is 2.67 bits per heavy atom. The van der Waals surface area contributed by atoms with Crippen LogP contribution in [0.1, 0.15) is 36.0 Å². The standard InChI is InChI=1S/C15H20N2O4/c16-8-9-3-1-2-4-11(9)14(19)17-10-5-6-13(18)12(7-10)15(20)21/h5-7,9,11,18H,1-4,8,16H2,(H,17,19)(H,20,21). The fraction of sp³-hybridized carbons (Fsp3) is 0.467. The number of carbonyl (C=O) groups is 2.